The van der Waals surface area contributed by atoms with Crippen LogP contribution in [0.2, 0.25) is 0 Å². The molecule has 1 aromatic rings. The van der Waals surface area contributed by atoms with Crippen molar-refractivity contribution in [1.29, 1.82) is 0 Å². The lowest BCUT2D eigenvalue weighted by atomic mass is 10.1. The highest BCUT2D eigenvalue weighted by Gasteiger charge is 2.31. The highest BCUT2D eigenvalue weighted by Crippen LogP contribution is 2.29. The molecule has 10 nitrogen and oxygen atoms in total. The minimum Gasteiger partial charge on any atom is -0.465 e. The highest BCUT2D eigenvalue weighted by molar-refractivity contribution is 5.65. The van der Waals surface area contributed by atoms with Crippen molar-refractivity contribution in [3.63, 3.8) is 0 Å². The molecule has 10 heteroatoms. The zero-order chi connectivity index (χ0) is 16.3. The first-order valence-electron chi connectivity index (χ1n) is 6.86. The highest BCUT2D eigenvalue weighted by atomic mass is 16.6. The first-order chi connectivity index (χ1) is 10.4. The molecular weight excluding hydrogens is 294 g/mol. The lowest BCUT2D eigenvalue weighted by Gasteiger charge is -2.24. The Kier molecular flexibility index (Phi) is 4.81. The van der Waals surface area contributed by atoms with Crippen LogP contribution in [0.1, 0.15) is 12.8 Å². The number of methoxy groups -OCH3 is 1. The van der Waals surface area contributed by atoms with Gasteiger partial charge in [0.1, 0.15) is 6.20 Å². The predicted molar refractivity (Wildman–Crippen MR) is 77.1 cm³/mol. The molecule has 2 heterocycles. The number of carbonyl (C=O) groups is 1. The molecular formula is C12H19N5O5. The Morgan fingerprint density at radius 1 is 1.64 bits per heavy atom. The Bertz CT molecular complexity index is 560. The lowest BCUT2D eigenvalue weighted by Crippen LogP contribution is -2.36. The van der Waals surface area contributed by atoms with Crippen LogP contribution in [-0.4, -0.2) is 58.2 Å². The maximum absolute atomic E-state index is 11.1. The van der Waals surface area contributed by atoms with Crippen LogP contribution in [0.4, 0.5) is 16.3 Å². The largest absolute Gasteiger partial charge is 0.465 e. The van der Waals surface area contributed by atoms with Gasteiger partial charge in [0.2, 0.25) is 5.82 Å². The van der Waals surface area contributed by atoms with Crippen molar-refractivity contribution in [2.24, 2.45) is 7.05 Å². The van der Waals surface area contributed by atoms with E-state index in [2.05, 4.69) is 10.4 Å². The zero-order valence-corrected chi connectivity index (χ0v) is 12.4. The van der Waals surface area contributed by atoms with Gasteiger partial charge in [-0.3, -0.25) is 10.1 Å². The molecule has 2 N–H and O–H groups in total. The van der Waals surface area contributed by atoms with Gasteiger partial charge in [-0.1, -0.05) is 0 Å². The van der Waals surface area contributed by atoms with Crippen molar-refractivity contribution in [2.75, 3.05) is 25.1 Å². The maximum atomic E-state index is 11.1. The van der Waals surface area contributed by atoms with Crippen molar-refractivity contribution in [3.8, 4) is 0 Å². The van der Waals surface area contributed by atoms with E-state index < -0.39 is 11.0 Å². The molecule has 0 spiro atoms. The first kappa shape index (κ1) is 16.0. The van der Waals surface area contributed by atoms with E-state index in [1.165, 1.54) is 10.9 Å². The molecule has 2 unspecified atom stereocenters. The number of hydrogen-bond acceptors (Lipinski definition) is 6. The number of amides is 1. The van der Waals surface area contributed by atoms with E-state index in [4.69, 9.17) is 9.84 Å². The van der Waals surface area contributed by atoms with Crippen molar-refractivity contribution in [3.05, 3.63) is 16.3 Å². The summed E-state index contributed by atoms with van der Waals surface area (Å²) in [7, 11) is 3.19. The molecule has 1 saturated heterocycles. The second-order valence-corrected chi connectivity index (χ2v) is 5.21. The molecule has 122 valence electrons. The van der Waals surface area contributed by atoms with Crippen LogP contribution in [-0.2, 0) is 11.8 Å². The fourth-order valence-electron chi connectivity index (χ4n) is 2.74. The van der Waals surface area contributed by atoms with Gasteiger partial charge < -0.3 is 20.1 Å². The Morgan fingerprint density at radius 3 is 2.95 bits per heavy atom. The SMILES string of the molecule is COC1CC(NC(=O)O)CCN(c2c([N+](=O)[O-])cnn2C)C1. The zero-order valence-electron chi connectivity index (χ0n) is 12.4. The molecule has 2 rings (SSSR count). The van der Waals surface area contributed by atoms with Crippen LogP contribution in [0, 0.1) is 10.1 Å². The van der Waals surface area contributed by atoms with Gasteiger partial charge in [-0.15, -0.1) is 0 Å². The average molecular weight is 313 g/mol. The van der Waals surface area contributed by atoms with Gasteiger partial charge in [-0.05, 0) is 12.8 Å². The fraction of sp³-hybridized carbons (Fsp3) is 0.667. The summed E-state index contributed by atoms with van der Waals surface area (Å²) in [6, 6.07) is -0.250. The smallest absolute Gasteiger partial charge is 0.404 e. The second kappa shape index (κ2) is 6.60. The van der Waals surface area contributed by atoms with Gasteiger partial charge in [0.05, 0.1) is 11.0 Å². The van der Waals surface area contributed by atoms with E-state index in [0.29, 0.717) is 31.7 Å². The molecule has 1 aliphatic heterocycles. The maximum Gasteiger partial charge on any atom is 0.404 e. The van der Waals surface area contributed by atoms with Crippen LogP contribution < -0.4 is 10.2 Å². The molecule has 0 saturated carbocycles. The number of aromatic nitrogens is 2. The van der Waals surface area contributed by atoms with E-state index in [-0.39, 0.29) is 17.8 Å². The Balaban J connectivity index is 2.23. The molecule has 0 radical (unpaired) electrons. The molecule has 1 fully saturated rings. The van der Waals surface area contributed by atoms with Gasteiger partial charge in [-0.25, -0.2) is 9.48 Å². The monoisotopic (exact) mass is 313 g/mol. The molecule has 1 aromatic heterocycles. The van der Waals surface area contributed by atoms with Crippen molar-refractivity contribution >= 4 is 17.6 Å². The normalized spacial score (nSPS) is 22.2. The number of aryl methyl sites for hydroxylation is 1. The third-order valence-corrected chi connectivity index (χ3v) is 3.76. The summed E-state index contributed by atoms with van der Waals surface area (Å²) in [5.74, 6) is 0.406. The molecule has 1 amide bonds. The van der Waals surface area contributed by atoms with Gasteiger partial charge in [0.25, 0.3) is 0 Å². The van der Waals surface area contributed by atoms with Crippen molar-refractivity contribution in [2.45, 2.75) is 25.0 Å². The van der Waals surface area contributed by atoms with E-state index in [1.54, 1.807) is 14.2 Å². The number of carboxylic acid groups (broad SMARTS) is 1. The molecule has 0 aromatic carbocycles. The minimum atomic E-state index is -1.08. The van der Waals surface area contributed by atoms with E-state index in [1.807, 2.05) is 4.90 Å². The number of rotatable bonds is 4. The summed E-state index contributed by atoms with van der Waals surface area (Å²) in [6.07, 6.45) is 0.961. The average Bonchev–Trinajstić information content (AvgIpc) is 2.71. The first-order valence-corrected chi connectivity index (χ1v) is 6.86. The van der Waals surface area contributed by atoms with Crippen molar-refractivity contribution in [1.82, 2.24) is 15.1 Å². The summed E-state index contributed by atoms with van der Waals surface area (Å²) >= 11 is 0. The second-order valence-electron chi connectivity index (χ2n) is 5.21. The standard InChI is InChI=1S/C12H19N5O5/c1-15-11(10(6-13-15)17(20)21)16-4-3-8(14-12(18)19)5-9(7-16)22-2/h6,8-9,14H,3-5,7H2,1-2H3,(H,18,19). The van der Waals surface area contributed by atoms with E-state index >= 15 is 0 Å². The summed E-state index contributed by atoms with van der Waals surface area (Å²) in [6.45, 7) is 0.917. The van der Waals surface area contributed by atoms with Gasteiger partial charge >= 0.3 is 11.8 Å². The third-order valence-electron chi connectivity index (χ3n) is 3.76. The van der Waals surface area contributed by atoms with E-state index in [9.17, 15) is 14.9 Å². The summed E-state index contributed by atoms with van der Waals surface area (Å²) in [4.78, 5) is 23.3. The summed E-state index contributed by atoms with van der Waals surface area (Å²) in [5, 5.41) is 26.4. The van der Waals surface area contributed by atoms with Crippen LogP contribution in [0.5, 0.6) is 0 Å². The third kappa shape index (κ3) is 3.45. The molecule has 2 atom stereocenters. The molecule has 0 aliphatic carbocycles. The summed E-state index contributed by atoms with van der Waals surface area (Å²) < 4.78 is 6.83. The van der Waals surface area contributed by atoms with Gasteiger partial charge in [-0.2, -0.15) is 5.10 Å². The number of anilines is 1. The fourth-order valence-corrected chi connectivity index (χ4v) is 2.74. The van der Waals surface area contributed by atoms with Crippen LogP contribution in [0.15, 0.2) is 6.20 Å². The Labute approximate surface area is 126 Å². The number of nitro groups is 1. The van der Waals surface area contributed by atoms with Gasteiger partial charge in [0.15, 0.2) is 0 Å². The number of hydrogen-bond donors (Lipinski definition) is 2. The Hall–Kier alpha value is -2.36. The van der Waals surface area contributed by atoms with Gasteiger partial charge in [0, 0.05) is 33.3 Å². The Morgan fingerprint density at radius 2 is 2.36 bits per heavy atom. The van der Waals surface area contributed by atoms with Crippen LogP contribution in [0.3, 0.4) is 0 Å². The lowest BCUT2D eigenvalue weighted by molar-refractivity contribution is -0.384. The van der Waals surface area contributed by atoms with Crippen LogP contribution >= 0.6 is 0 Å². The van der Waals surface area contributed by atoms with E-state index in [0.717, 1.165) is 0 Å². The number of nitrogens with zero attached hydrogens (tertiary/aromatic N) is 4. The van der Waals surface area contributed by atoms with Crippen LogP contribution in [0.25, 0.3) is 0 Å². The summed E-state index contributed by atoms with van der Waals surface area (Å²) in [5.41, 5.74) is -0.0676. The molecule has 22 heavy (non-hydrogen) atoms. The minimum absolute atomic E-state index is 0.0676. The van der Waals surface area contributed by atoms with Crippen molar-refractivity contribution < 1.29 is 19.6 Å². The molecule has 0 bridgehead atoms. The number of ether oxygens (including phenoxy) is 1. The quantitative estimate of drug-likeness (QED) is 0.615. The number of nitrogens with one attached hydrogen (secondary N) is 1. The topological polar surface area (TPSA) is 123 Å². The predicted octanol–water partition coefficient (Wildman–Crippen LogP) is 0.580. The molecule has 1 aliphatic rings.